The molecule has 0 aliphatic heterocycles. The Balaban J connectivity index is 2.07. The van der Waals surface area contributed by atoms with E-state index in [1.54, 1.807) is 7.11 Å². The number of nitrogens with one attached hydrogen (secondary N) is 1. The average Bonchev–Trinajstić information content (AvgIpc) is 2.42. The molecule has 1 atom stereocenters. The first-order chi connectivity index (χ1) is 9.05. The molecule has 0 radical (unpaired) electrons. The molecular formula is C17H27NO. The highest BCUT2D eigenvalue weighted by atomic mass is 16.5. The molecule has 1 aromatic rings. The molecule has 1 fully saturated rings. The smallest absolute Gasteiger partial charge is 0.118 e. The van der Waals surface area contributed by atoms with Crippen molar-refractivity contribution in [3.05, 3.63) is 29.8 Å². The Bertz CT molecular complexity index is 386. The number of rotatable bonds is 4. The summed E-state index contributed by atoms with van der Waals surface area (Å²) in [5, 5.41) is 3.51. The standard InChI is InChI=1S/C17H27NO/c1-17(2)11-9-14(10-12-17)16(18-3)13-5-7-15(19-4)8-6-13/h5-8,14,16,18H,9-12H2,1-4H3. The van der Waals surface area contributed by atoms with Gasteiger partial charge in [-0.1, -0.05) is 26.0 Å². The zero-order valence-corrected chi connectivity index (χ0v) is 12.7. The third kappa shape index (κ3) is 3.50. The van der Waals surface area contributed by atoms with E-state index in [9.17, 15) is 0 Å². The first-order valence-corrected chi connectivity index (χ1v) is 7.37. The van der Waals surface area contributed by atoms with E-state index in [0.29, 0.717) is 11.5 Å². The van der Waals surface area contributed by atoms with Crippen LogP contribution in [0.15, 0.2) is 24.3 Å². The third-order valence-electron chi connectivity index (χ3n) is 4.64. The van der Waals surface area contributed by atoms with Gasteiger partial charge in [-0.15, -0.1) is 0 Å². The van der Waals surface area contributed by atoms with Gasteiger partial charge in [0.15, 0.2) is 0 Å². The summed E-state index contributed by atoms with van der Waals surface area (Å²) >= 11 is 0. The molecule has 1 N–H and O–H groups in total. The molecular weight excluding hydrogens is 234 g/mol. The maximum Gasteiger partial charge on any atom is 0.118 e. The van der Waals surface area contributed by atoms with Gasteiger partial charge in [-0.25, -0.2) is 0 Å². The summed E-state index contributed by atoms with van der Waals surface area (Å²) < 4.78 is 5.23. The molecule has 0 amide bonds. The van der Waals surface area contributed by atoms with Gasteiger partial charge in [-0.3, -0.25) is 0 Å². The van der Waals surface area contributed by atoms with Crippen LogP contribution in [0, 0.1) is 11.3 Å². The fraction of sp³-hybridized carbons (Fsp3) is 0.647. The van der Waals surface area contributed by atoms with E-state index in [1.165, 1.54) is 31.2 Å². The van der Waals surface area contributed by atoms with E-state index in [0.717, 1.165) is 11.7 Å². The minimum absolute atomic E-state index is 0.474. The Morgan fingerprint density at radius 3 is 2.21 bits per heavy atom. The lowest BCUT2D eigenvalue weighted by Gasteiger charge is -2.38. The minimum Gasteiger partial charge on any atom is -0.497 e. The lowest BCUT2D eigenvalue weighted by atomic mass is 9.70. The molecule has 1 aromatic carbocycles. The largest absolute Gasteiger partial charge is 0.497 e. The van der Waals surface area contributed by atoms with E-state index < -0.39 is 0 Å². The van der Waals surface area contributed by atoms with Gasteiger partial charge in [0.1, 0.15) is 5.75 Å². The van der Waals surface area contributed by atoms with E-state index in [4.69, 9.17) is 4.74 Å². The van der Waals surface area contributed by atoms with Crippen LogP contribution < -0.4 is 10.1 Å². The monoisotopic (exact) mass is 261 g/mol. The van der Waals surface area contributed by atoms with Crippen molar-refractivity contribution in [2.24, 2.45) is 11.3 Å². The van der Waals surface area contributed by atoms with E-state index in [2.05, 4.69) is 50.5 Å². The summed E-state index contributed by atoms with van der Waals surface area (Å²) in [6.07, 6.45) is 5.33. The number of hydrogen-bond acceptors (Lipinski definition) is 2. The van der Waals surface area contributed by atoms with Crippen LogP contribution in [0.2, 0.25) is 0 Å². The maximum absolute atomic E-state index is 5.23. The quantitative estimate of drug-likeness (QED) is 0.878. The van der Waals surface area contributed by atoms with Crippen molar-refractivity contribution < 1.29 is 4.74 Å². The van der Waals surface area contributed by atoms with Crippen molar-refractivity contribution in [2.45, 2.75) is 45.6 Å². The van der Waals surface area contributed by atoms with E-state index >= 15 is 0 Å². The normalized spacial score (nSPS) is 21.1. The van der Waals surface area contributed by atoms with Gasteiger partial charge >= 0.3 is 0 Å². The third-order valence-corrected chi connectivity index (χ3v) is 4.64. The lowest BCUT2D eigenvalue weighted by molar-refractivity contribution is 0.164. The zero-order chi connectivity index (χ0) is 13.9. The Hall–Kier alpha value is -1.02. The Morgan fingerprint density at radius 1 is 1.16 bits per heavy atom. The van der Waals surface area contributed by atoms with Crippen LogP contribution in [-0.2, 0) is 0 Å². The van der Waals surface area contributed by atoms with Gasteiger partial charge in [0.25, 0.3) is 0 Å². The predicted molar refractivity (Wildman–Crippen MR) is 80.5 cm³/mol. The summed E-state index contributed by atoms with van der Waals surface area (Å²) in [5.74, 6) is 1.69. The predicted octanol–water partition coefficient (Wildman–Crippen LogP) is 4.17. The summed E-state index contributed by atoms with van der Waals surface area (Å²) in [7, 11) is 3.79. The molecule has 1 aliphatic rings. The Morgan fingerprint density at radius 2 is 1.74 bits per heavy atom. The molecule has 2 heteroatoms. The first-order valence-electron chi connectivity index (χ1n) is 7.37. The highest BCUT2D eigenvalue weighted by molar-refractivity contribution is 5.29. The second-order valence-corrected chi connectivity index (χ2v) is 6.54. The number of ether oxygens (including phenoxy) is 1. The molecule has 2 nitrogen and oxygen atoms in total. The second-order valence-electron chi connectivity index (χ2n) is 6.54. The average molecular weight is 261 g/mol. The van der Waals surface area contributed by atoms with Gasteiger partial charge in [-0.05, 0) is 61.8 Å². The van der Waals surface area contributed by atoms with Crippen molar-refractivity contribution in [3.8, 4) is 5.75 Å². The van der Waals surface area contributed by atoms with Gasteiger partial charge in [-0.2, -0.15) is 0 Å². The molecule has 0 heterocycles. The van der Waals surface area contributed by atoms with E-state index in [-0.39, 0.29) is 0 Å². The van der Waals surface area contributed by atoms with Crippen LogP contribution in [0.4, 0.5) is 0 Å². The minimum atomic E-state index is 0.474. The number of methoxy groups -OCH3 is 1. The maximum atomic E-state index is 5.23. The summed E-state index contributed by atoms with van der Waals surface area (Å²) in [5.41, 5.74) is 1.92. The fourth-order valence-corrected chi connectivity index (χ4v) is 3.24. The molecule has 1 saturated carbocycles. The molecule has 0 aromatic heterocycles. The van der Waals surface area contributed by atoms with Gasteiger partial charge in [0.2, 0.25) is 0 Å². The van der Waals surface area contributed by atoms with Crippen LogP contribution in [0.1, 0.15) is 51.1 Å². The van der Waals surface area contributed by atoms with Crippen LogP contribution in [0.5, 0.6) is 5.75 Å². The molecule has 106 valence electrons. The molecule has 0 saturated heterocycles. The highest BCUT2D eigenvalue weighted by Crippen LogP contribution is 2.42. The van der Waals surface area contributed by atoms with Crippen LogP contribution in [-0.4, -0.2) is 14.2 Å². The molecule has 0 spiro atoms. The molecule has 2 rings (SSSR count). The van der Waals surface area contributed by atoms with Gasteiger partial charge in [0.05, 0.1) is 7.11 Å². The second kappa shape index (κ2) is 5.96. The van der Waals surface area contributed by atoms with Crippen molar-refractivity contribution >= 4 is 0 Å². The lowest BCUT2D eigenvalue weighted by Crippen LogP contribution is -2.31. The first kappa shape index (κ1) is 14.4. The highest BCUT2D eigenvalue weighted by Gasteiger charge is 2.31. The van der Waals surface area contributed by atoms with Gasteiger partial charge < -0.3 is 10.1 Å². The number of hydrogen-bond donors (Lipinski definition) is 1. The molecule has 1 unspecified atom stereocenters. The Labute approximate surface area is 117 Å². The molecule has 19 heavy (non-hydrogen) atoms. The van der Waals surface area contributed by atoms with Crippen LogP contribution in [0.25, 0.3) is 0 Å². The Kier molecular flexibility index (Phi) is 4.51. The van der Waals surface area contributed by atoms with Crippen molar-refractivity contribution in [2.75, 3.05) is 14.2 Å². The topological polar surface area (TPSA) is 21.3 Å². The SMILES string of the molecule is CNC(c1ccc(OC)cc1)C1CCC(C)(C)CC1. The summed E-state index contributed by atoms with van der Waals surface area (Å²) in [6, 6.07) is 8.99. The fourth-order valence-electron chi connectivity index (χ4n) is 3.24. The zero-order valence-electron chi connectivity index (χ0n) is 12.7. The van der Waals surface area contributed by atoms with Crippen molar-refractivity contribution in [1.82, 2.24) is 5.32 Å². The van der Waals surface area contributed by atoms with Crippen molar-refractivity contribution in [3.63, 3.8) is 0 Å². The van der Waals surface area contributed by atoms with Crippen molar-refractivity contribution in [1.29, 1.82) is 0 Å². The summed E-state index contributed by atoms with van der Waals surface area (Å²) in [6.45, 7) is 4.79. The molecule has 0 bridgehead atoms. The van der Waals surface area contributed by atoms with Crippen LogP contribution in [0.3, 0.4) is 0 Å². The van der Waals surface area contributed by atoms with E-state index in [1.807, 2.05) is 0 Å². The van der Waals surface area contributed by atoms with Crippen LogP contribution >= 0.6 is 0 Å². The number of benzene rings is 1. The van der Waals surface area contributed by atoms with Gasteiger partial charge in [0, 0.05) is 6.04 Å². The molecule has 1 aliphatic carbocycles. The summed E-state index contributed by atoms with van der Waals surface area (Å²) in [4.78, 5) is 0.